The van der Waals surface area contributed by atoms with E-state index in [2.05, 4.69) is 15.1 Å². The number of nitrogens with two attached hydrogens (primary N) is 1. The largest absolute Gasteiger partial charge is 0.307 e. The fourth-order valence-corrected chi connectivity index (χ4v) is 2.63. The molecule has 1 heterocycles. The lowest BCUT2D eigenvalue weighted by Crippen LogP contribution is -2.30. The molecule has 0 saturated heterocycles. The average Bonchev–Trinajstić information content (AvgIpc) is 2.35. The third-order valence-corrected chi connectivity index (χ3v) is 4.68. The lowest BCUT2D eigenvalue weighted by molar-refractivity contribution is 0.414. The third-order valence-electron chi connectivity index (χ3n) is 3.00. The van der Waals surface area contributed by atoms with Crippen LogP contribution in [-0.4, -0.2) is 19.9 Å². The quantitative estimate of drug-likeness (QED) is 0.548. The summed E-state index contributed by atoms with van der Waals surface area (Å²) in [5.74, 6) is 6.05. The van der Waals surface area contributed by atoms with E-state index in [-0.39, 0.29) is 21.7 Å². The van der Waals surface area contributed by atoms with Gasteiger partial charge in [0.2, 0.25) is 10.0 Å². The van der Waals surface area contributed by atoms with Gasteiger partial charge in [0.1, 0.15) is 4.90 Å². The number of anilines is 1. The molecule has 1 unspecified atom stereocenters. The molecule has 108 valence electrons. The third kappa shape index (κ3) is 4.31. The van der Waals surface area contributed by atoms with E-state index in [1.54, 1.807) is 0 Å². The highest BCUT2D eigenvalue weighted by molar-refractivity contribution is 7.89. The highest BCUT2D eigenvalue weighted by Gasteiger charge is 2.18. The van der Waals surface area contributed by atoms with Crippen molar-refractivity contribution in [2.24, 2.45) is 17.7 Å². The molecule has 19 heavy (non-hydrogen) atoms. The Morgan fingerprint density at radius 3 is 2.53 bits per heavy atom. The van der Waals surface area contributed by atoms with E-state index in [9.17, 15) is 8.42 Å². The van der Waals surface area contributed by atoms with Gasteiger partial charge in [0.25, 0.3) is 0 Å². The number of hydrogen-bond donors (Lipinski definition) is 3. The number of aromatic nitrogens is 1. The van der Waals surface area contributed by atoms with Crippen molar-refractivity contribution in [2.75, 3.05) is 12.0 Å². The van der Waals surface area contributed by atoms with Crippen molar-refractivity contribution in [1.29, 1.82) is 0 Å². The van der Waals surface area contributed by atoms with Crippen LogP contribution in [0, 0.1) is 11.8 Å². The summed E-state index contributed by atoms with van der Waals surface area (Å²) in [6, 6.07) is 1.31. The van der Waals surface area contributed by atoms with Gasteiger partial charge >= 0.3 is 0 Å². The summed E-state index contributed by atoms with van der Waals surface area (Å²) < 4.78 is 26.6. The standard InChI is InChI=1S/C11H19ClN4O2S/c1-7(2)8(3)5-15-19(17,18)9-4-10(12)11(16-13)14-6-9/h4,6-8,15H,5,13H2,1-3H3,(H,14,16). The Morgan fingerprint density at radius 1 is 1.42 bits per heavy atom. The van der Waals surface area contributed by atoms with Gasteiger partial charge in [0, 0.05) is 12.7 Å². The summed E-state index contributed by atoms with van der Waals surface area (Å²) in [4.78, 5) is 3.86. The number of hydrazine groups is 1. The molecule has 0 bridgehead atoms. The maximum atomic E-state index is 12.0. The van der Waals surface area contributed by atoms with Crippen LogP contribution < -0.4 is 16.0 Å². The van der Waals surface area contributed by atoms with Crippen LogP contribution >= 0.6 is 11.6 Å². The topological polar surface area (TPSA) is 97.1 Å². The van der Waals surface area contributed by atoms with Gasteiger partial charge in [-0.25, -0.2) is 24.0 Å². The van der Waals surface area contributed by atoms with Crippen molar-refractivity contribution in [1.82, 2.24) is 9.71 Å². The fraction of sp³-hybridized carbons (Fsp3) is 0.545. The molecule has 1 aromatic rings. The van der Waals surface area contributed by atoms with Crippen molar-refractivity contribution in [3.8, 4) is 0 Å². The monoisotopic (exact) mass is 306 g/mol. The van der Waals surface area contributed by atoms with E-state index in [0.717, 1.165) is 0 Å². The summed E-state index contributed by atoms with van der Waals surface area (Å²) in [6.45, 7) is 6.44. The van der Waals surface area contributed by atoms with Gasteiger partial charge in [-0.1, -0.05) is 32.4 Å². The Bertz CT molecular complexity index is 533. The van der Waals surface area contributed by atoms with E-state index in [4.69, 9.17) is 17.4 Å². The first-order valence-electron chi connectivity index (χ1n) is 5.89. The SMILES string of the molecule is CC(C)C(C)CNS(=O)(=O)c1cnc(NN)c(Cl)c1. The van der Waals surface area contributed by atoms with Crippen molar-refractivity contribution < 1.29 is 8.42 Å². The van der Waals surface area contributed by atoms with E-state index < -0.39 is 10.0 Å². The Balaban J connectivity index is 2.86. The van der Waals surface area contributed by atoms with Crippen LogP contribution in [0.4, 0.5) is 5.82 Å². The van der Waals surface area contributed by atoms with Crippen LogP contribution in [-0.2, 0) is 10.0 Å². The van der Waals surface area contributed by atoms with E-state index in [1.165, 1.54) is 12.3 Å². The summed E-state index contributed by atoms with van der Waals surface area (Å²) in [6.07, 6.45) is 1.21. The second kappa shape index (κ2) is 6.51. The second-order valence-corrected chi connectivity index (χ2v) is 6.89. The summed E-state index contributed by atoms with van der Waals surface area (Å²) in [7, 11) is -3.60. The minimum absolute atomic E-state index is 0.0208. The van der Waals surface area contributed by atoms with Crippen LogP contribution in [0.25, 0.3) is 0 Å². The molecule has 8 heteroatoms. The van der Waals surface area contributed by atoms with E-state index in [1.807, 2.05) is 20.8 Å². The fourth-order valence-electron chi connectivity index (χ4n) is 1.23. The number of halogens is 1. The number of nitrogen functional groups attached to an aromatic ring is 1. The maximum Gasteiger partial charge on any atom is 0.242 e. The molecule has 0 aromatic carbocycles. The number of hydrogen-bond acceptors (Lipinski definition) is 5. The molecule has 0 aliphatic carbocycles. The maximum absolute atomic E-state index is 12.0. The van der Waals surface area contributed by atoms with Gasteiger partial charge in [-0.2, -0.15) is 0 Å². The van der Waals surface area contributed by atoms with Crippen LogP contribution in [0.2, 0.25) is 5.02 Å². The first kappa shape index (κ1) is 16.2. The van der Waals surface area contributed by atoms with Crippen molar-refractivity contribution in [2.45, 2.75) is 25.7 Å². The molecule has 1 atom stereocenters. The summed E-state index contributed by atoms with van der Waals surface area (Å²) in [5, 5.41) is 0.155. The number of nitrogens with zero attached hydrogens (tertiary/aromatic N) is 1. The van der Waals surface area contributed by atoms with Gasteiger partial charge in [-0.15, -0.1) is 0 Å². The smallest absolute Gasteiger partial charge is 0.242 e. The molecule has 4 N–H and O–H groups in total. The lowest BCUT2D eigenvalue weighted by atomic mass is 9.99. The van der Waals surface area contributed by atoms with Gasteiger partial charge < -0.3 is 5.43 Å². The molecule has 0 saturated carbocycles. The Morgan fingerprint density at radius 2 is 2.05 bits per heavy atom. The lowest BCUT2D eigenvalue weighted by Gasteiger charge is -2.16. The Labute approximate surface area is 118 Å². The van der Waals surface area contributed by atoms with Crippen molar-refractivity contribution in [3.05, 3.63) is 17.3 Å². The van der Waals surface area contributed by atoms with Crippen LogP contribution in [0.1, 0.15) is 20.8 Å². The molecule has 1 aromatic heterocycles. The molecule has 0 amide bonds. The first-order chi connectivity index (χ1) is 8.77. The Kier molecular flexibility index (Phi) is 5.54. The normalized spacial score (nSPS) is 13.6. The second-order valence-electron chi connectivity index (χ2n) is 4.72. The minimum atomic E-state index is -3.60. The molecule has 1 rings (SSSR count). The molecule has 0 aliphatic rings. The summed E-state index contributed by atoms with van der Waals surface area (Å²) in [5.41, 5.74) is 2.28. The van der Waals surface area contributed by atoms with Crippen LogP contribution in [0.5, 0.6) is 0 Å². The number of pyridine rings is 1. The molecule has 0 radical (unpaired) electrons. The molecule has 6 nitrogen and oxygen atoms in total. The van der Waals surface area contributed by atoms with Crippen molar-refractivity contribution in [3.63, 3.8) is 0 Å². The highest BCUT2D eigenvalue weighted by Crippen LogP contribution is 2.21. The van der Waals surface area contributed by atoms with Gasteiger partial charge in [0.15, 0.2) is 5.82 Å². The number of sulfonamides is 1. The predicted octanol–water partition coefficient (Wildman–Crippen LogP) is 1.59. The summed E-state index contributed by atoms with van der Waals surface area (Å²) >= 11 is 5.85. The average molecular weight is 307 g/mol. The zero-order chi connectivity index (χ0) is 14.6. The van der Waals surface area contributed by atoms with Crippen molar-refractivity contribution >= 4 is 27.4 Å². The van der Waals surface area contributed by atoms with Gasteiger partial charge in [-0.3, -0.25) is 0 Å². The van der Waals surface area contributed by atoms with Crippen LogP contribution in [0.3, 0.4) is 0 Å². The zero-order valence-electron chi connectivity index (χ0n) is 11.1. The predicted molar refractivity (Wildman–Crippen MR) is 76.2 cm³/mol. The zero-order valence-corrected chi connectivity index (χ0v) is 12.7. The Hall–Kier alpha value is -0.890. The van der Waals surface area contributed by atoms with Crippen LogP contribution in [0.15, 0.2) is 17.2 Å². The molecule has 0 spiro atoms. The highest BCUT2D eigenvalue weighted by atomic mass is 35.5. The molecular weight excluding hydrogens is 288 g/mol. The van der Waals surface area contributed by atoms with E-state index >= 15 is 0 Å². The van der Waals surface area contributed by atoms with Gasteiger partial charge in [0.05, 0.1) is 5.02 Å². The molecule has 0 aliphatic heterocycles. The number of rotatable bonds is 6. The van der Waals surface area contributed by atoms with Gasteiger partial charge in [-0.05, 0) is 17.9 Å². The molecule has 0 fully saturated rings. The minimum Gasteiger partial charge on any atom is -0.307 e. The van der Waals surface area contributed by atoms with E-state index in [0.29, 0.717) is 12.5 Å². The number of nitrogens with one attached hydrogen (secondary N) is 2. The molecular formula is C11H19ClN4O2S. The first-order valence-corrected chi connectivity index (χ1v) is 7.76.